The Bertz CT molecular complexity index is 314. The minimum absolute atomic E-state index is 0.919. The molecule has 3 heteroatoms. The van der Waals surface area contributed by atoms with E-state index in [9.17, 15) is 0 Å². The van der Waals surface area contributed by atoms with Crippen molar-refractivity contribution in [3.63, 3.8) is 0 Å². The number of aromatic nitrogens is 1. The number of allylic oxidation sites excluding steroid dienone is 2. The molecule has 2 N–H and O–H groups in total. The third-order valence-corrected chi connectivity index (χ3v) is 1.54. The van der Waals surface area contributed by atoms with Gasteiger partial charge in [0, 0.05) is 18.0 Å². The second-order valence-corrected chi connectivity index (χ2v) is 2.36. The van der Waals surface area contributed by atoms with Crippen molar-refractivity contribution in [2.45, 2.75) is 0 Å². The van der Waals surface area contributed by atoms with Crippen LogP contribution in [0.1, 0.15) is 5.69 Å². The molecule has 1 radical (unpaired) electrons. The smallest absolute Gasteiger partial charge is 0.0890 e. The summed E-state index contributed by atoms with van der Waals surface area (Å²) in [4.78, 5) is 4.18. The Labute approximate surface area is 70.8 Å². The molecule has 0 saturated carbocycles. The Hall–Kier alpha value is -1.77. The average molecular weight is 158 g/mol. The molecule has 0 atom stereocenters. The molecule has 0 unspecified atom stereocenters. The zero-order valence-electron chi connectivity index (χ0n) is 6.41. The number of hydrogen-bond donors (Lipinski definition) is 2. The monoisotopic (exact) mass is 158 g/mol. The predicted octanol–water partition coefficient (Wildman–Crippen LogP) is 0.847. The largest absolute Gasteiger partial charge is 0.308 e. The number of hydrogen-bond acceptors (Lipinski definition) is 3. The molecule has 1 aliphatic heterocycles. The molecule has 2 heterocycles. The van der Waals surface area contributed by atoms with E-state index in [4.69, 9.17) is 0 Å². The van der Waals surface area contributed by atoms with Crippen molar-refractivity contribution < 1.29 is 0 Å². The maximum atomic E-state index is 4.18. The van der Waals surface area contributed by atoms with Crippen LogP contribution in [0.5, 0.6) is 0 Å². The fourth-order valence-electron chi connectivity index (χ4n) is 0.983. The van der Waals surface area contributed by atoms with Crippen LogP contribution in [0.15, 0.2) is 36.7 Å². The van der Waals surface area contributed by atoms with Crippen molar-refractivity contribution in [3.8, 4) is 0 Å². The van der Waals surface area contributed by atoms with E-state index in [0.29, 0.717) is 0 Å². The highest BCUT2D eigenvalue weighted by atomic mass is 15.3. The molecule has 1 aromatic heterocycles. The lowest BCUT2D eigenvalue weighted by Gasteiger charge is -2.07. The maximum absolute atomic E-state index is 4.18. The average Bonchev–Trinajstić information content (AvgIpc) is 2.21. The van der Waals surface area contributed by atoms with E-state index in [0.717, 1.165) is 11.3 Å². The molecule has 3 nitrogen and oxygen atoms in total. The van der Waals surface area contributed by atoms with Crippen LogP contribution in [0.25, 0.3) is 5.57 Å². The zero-order chi connectivity index (χ0) is 8.23. The van der Waals surface area contributed by atoms with E-state index in [1.165, 1.54) is 0 Å². The molecule has 0 aromatic carbocycles. The number of pyridine rings is 1. The highest BCUT2D eigenvalue weighted by Gasteiger charge is 2.00. The van der Waals surface area contributed by atoms with Crippen LogP contribution in [-0.2, 0) is 0 Å². The van der Waals surface area contributed by atoms with E-state index in [1.54, 1.807) is 12.4 Å². The zero-order valence-corrected chi connectivity index (χ0v) is 6.41. The summed E-state index contributed by atoms with van der Waals surface area (Å²) in [5.41, 5.74) is 7.44. The summed E-state index contributed by atoms with van der Waals surface area (Å²) in [6.45, 7) is 0. The normalized spacial score (nSPS) is 14.5. The fourth-order valence-corrected chi connectivity index (χ4v) is 0.983. The molecule has 0 spiro atoms. The number of hydrazine groups is 1. The van der Waals surface area contributed by atoms with Gasteiger partial charge in [-0.15, -0.1) is 0 Å². The molecule has 0 saturated heterocycles. The molecule has 1 aromatic rings. The molecule has 0 bridgehead atoms. The highest BCUT2D eigenvalue weighted by molar-refractivity contribution is 5.69. The molecule has 59 valence electrons. The molecular weight excluding hydrogens is 150 g/mol. The van der Waals surface area contributed by atoms with Crippen molar-refractivity contribution in [2.24, 2.45) is 0 Å². The van der Waals surface area contributed by atoms with E-state index >= 15 is 0 Å². The minimum Gasteiger partial charge on any atom is -0.308 e. The summed E-state index contributed by atoms with van der Waals surface area (Å²) >= 11 is 0. The standard InChI is InChI=1S/C9H8N3/c1-2-5-10-9(3-1)8-4-6-11-12-7-8/h1-6,11-12H. The van der Waals surface area contributed by atoms with Crippen LogP contribution < -0.4 is 10.9 Å². The van der Waals surface area contributed by atoms with E-state index in [-0.39, 0.29) is 0 Å². The summed E-state index contributed by atoms with van der Waals surface area (Å²) in [6.07, 6.45) is 8.43. The maximum Gasteiger partial charge on any atom is 0.0890 e. The first-order valence-corrected chi connectivity index (χ1v) is 3.68. The first-order valence-electron chi connectivity index (χ1n) is 3.68. The lowest BCUT2D eigenvalue weighted by molar-refractivity contribution is 0.749. The van der Waals surface area contributed by atoms with Crippen LogP contribution in [0.4, 0.5) is 0 Å². The van der Waals surface area contributed by atoms with Crippen LogP contribution in [-0.4, -0.2) is 4.98 Å². The summed E-state index contributed by atoms with van der Waals surface area (Å²) in [5.74, 6) is 0. The van der Waals surface area contributed by atoms with Crippen LogP contribution in [0, 0.1) is 6.20 Å². The van der Waals surface area contributed by atoms with Gasteiger partial charge in [-0.3, -0.25) is 10.4 Å². The van der Waals surface area contributed by atoms with Gasteiger partial charge in [-0.2, -0.15) is 0 Å². The van der Waals surface area contributed by atoms with Gasteiger partial charge in [0.1, 0.15) is 0 Å². The molecule has 2 rings (SSSR count). The summed E-state index contributed by atoms with van der Waals surface area (Å²) < 4.78 is 0. The molecule has 12 heavy (non-hydrogen) atoms. The molecule has 0 amide bonds. The van der Waals surface area contributed by atoms with E-state index in [2.05, 4.69) is 22.0 Å². The van der Waals surface area contributed by atoms with E-state index < -0.39 is 0 Å². The Kier molecular flexibility index (Phi) is 1.78. The topological polar surface area (TPSA) is 37.0 Å². The lowest BCUT2D eigenvalue weighted by Crippen LogP contribution is -2.23. The lowest BCUT2D eigenvalue weighted by atomic mass is 10.2. The fraction of sp³-hybridized carbons (Fsp3) is 0. The van der Waals surface area contributed by atoms with Crippen molar-refractivity contribution in [1.82, 2.24) is 15.8 Å². The van der Waals surface area contributed by atoms with Gasteiger partial charge in [-0.25, -0.2) is 0 Å². The second kappa shape index (κ2) is 3.09. The van der Waals surface area contributed by atoms with Crippen LogP contribution in [0.2, 0.25) is 0 Å². The third-order valence-electron chi connectivity index (χ3n) is 1.54. The summed E-state index contributed by atoms with van der Waals surface area (Å²) in [6, 6.07) is 5.79. The van der Waals surface area contributed by atoms with Crippen LogP contribution in [0.3, 0.4) is 0 Å². The van der Waals surface area contributed by atoms with Gasteiger partial charge in [-0.1, -0.05) is 6.07 Å². The van der Waals surface area contributed by atoms with Gasteiger partial charge in [-0.05, 0) is 18.2 Å². The Balaban J connectivity index is 2.31. The van der Waals surface area contributed by atoms with Gasteiger partial charge in [0.05, 0.1) is 11.9 Å². The van der Waals surface area contributed by atoms with Crippen molar-refractivity contribution in [2.75, 3.05) is 0 Å². The molecule has 0 fully saturated rings. The predicted molar refractivity (Wildman–Crippen MR) is 46.3 cm³/mol. The van der Waals surface area contributed by atoms with Crippen molar-refractivity contribution >= 4 is 5.57 Å². The molecule has 0 aliphatic carbocycles. The second-order valence-electron chi connectivity index (χ2n) is 2.36. The SMILES string of the molecule is [C]1=C(c2ccccn2)C=CNN1. The first kappa shape index (κ1) is 6.91. The minimum atomic E-state index is 0.919. The Morgan fingerprint density at radius 3 is 3.00 bits per heavy atom. The molecular formula is C9H8N3. The van der Waals surface area contributed by atoms with Gasteiger partial charge >= 0.3 is 0 Å². The van der Waals surface area contributed by atoms with Crippen molar-refractivity contribution in [1.29, 1.82) is 0 Å². The Morgan fingerprint density at radius 1 is 1.33 bits per heavy atom. The Morgan fingerprint density at radius 2 is 2.33 bits per heavy atom. The molecule has 1 aliphatic rings. The number of nitrogens with zero attached hydrogens (tertiary/aromatic N) is 1. The third kappa shape index (κ3) is 1.29. The van der Waals surface area contributed by atoms with Gasteiger partial charge < -0.3 is 5.43 Å². The van der Waals surface area contributed by atoms with Crippen molar-refractivity contribution in [3.05, 3.63) is 48.6 Å². The van der Waals surface area contributed by atoms with Gasteiger partial charge in [0.2, 0.25) is 0 Å². The first-order chi connectivity index (χ1) is 5.97. The summed E-state index contributed by atoms with van der Waals surface area (Å²) in [5, 5.41) is 0. The van der Waals surface area contributed by atoms with Gasteiger partial charge in [0.15, 0.2) is 0 Å². The quantitative estimate of drug-likeness (QED) is 0.636. The van der Waals surface area contributed by atoms with E-state index in [1.807, 2.05) is 24.3 Å². The van der Waals surface area contributed by atoms with Crippen LogP contribution >= 0.6 is 0 Å². The number of rotatable bonds is 1. The summed E-state index contributed by atoms with van der Waals surface area (Å²) in [7, 11) is 0. The highest BCUT2D eigenvalue weighted by Crippen LogP contribution is 2.11. The van der Waals surface area contributed by atoms with Gasteiger partial charge in [0.25, 0.3) is 0 Å². The number of nitrogens with one attached hydrogen (secondary N) is 2.